The van der Waals surface area contributed by atoms with E-state index in [0.29, 0.717) is 29.6 Å². The van der Waals surface area contributed by atoms with Gasteiger partial charge < -0.3 is 24.8 Å². The van der Waals surface area contributed by atoms with E-state index in [9.17, 15) is 20.3 Å². The van der Waals surface area contributed by atoms with Gasteiger partial charge in [-0.15, -0.1) is 0 Å². The van der Waals surface area contributed by atoms with Crippen LogP contribution in [0.15, 0.2) is 36.9 Å². The Morgan fingerprint density at radius 1 is 1.16 bits per heavy atom. The fourth-order valence-corrected chi connectivity index (χ4v) is 3.48. The number of aliphatic hydroxyl groups excluding tert-OH is 3. The molecule has 3 N–H and O–H groups in total. The zero-order chi connectivity index (χ0) is 22.0. The van der Waals surface area contributed by atoms with Crippen LogP contribution < -0.4 is 4.74 Å². The average Bonchev–Trinajstić information content (AvgIpc) is 3.33. The number of hydrogen-bond donors (Lipinski definition) is 3. The quantitative estimate of drug-likeness (QED) is 0.341. The number of rotatable bonds is 8. The summed E-state index contributed by atoms with van der Waals surface area (Å²) in [5, 5.41) is 40.4. The highest BCUT2D eigenvalue weighted by atomic mass is 16.6. The van der Waals surface area contributed by atoms with Crippen molar-refractivity contribution >= 4 is 16.9 Å². The molecule has 2 aromatic heterocycles. The minimum Gasteiger partial charge on any atom is -0.471 e. The van der Waals surface area contributed by atoms with E-state index in [1.54, 1.807) is 12.1 Å². The van der Waals surface area contributed by atoms with Gasteiger partial charge in [0.25, 0.3) is 5.69 Å². The lowest BCUT2D eigenvalue weighted by atomic mass is 10.1. The van der Waals surface area contributed by atoms with Gasteiger partial charge in [0, 0.05) is 18.7 Å². The monoisotopic (exact) mass is 431 g/mol. The van der Waals surface area contributed by atoms with Crippen LogP contribution >= 0.6 is 0 Å². The molecule has 0 saturated carbocycles. The molecule has 1 saturated heterocycles. The molecule has 0 bridgehead atoms. The number of benzene rings is 1. The lowest BCUT2D eigenvalue weighted by Gasteiger charge is -2.16. The molecule has 0 amide bonds. The molecule has 3 heterocycles. The van der Waals surface area contributed by atoms with Gasteiger partial charge in [0.15, 0.2) is 17.4 Å². The third kappa shape index (κ3) is 4.18. The van der Waals surface area contributed by atoms with E-state index < -0.39 is 29.5 Å². The molecule has 4 atom stereocenters. The maximum Gasteiger partial charge on any atom is 0.269 e. The van der Waals surface area contributed by atoms with E-state index >= 15 is 0 Å². The van der Waals surface area contributed by atoms with Crippen LogP contribution in [-0.4, -0.2) is 64.7 Å². The number of non-ortho nitro benzene ring substituents is 1. The molecule has 3 aromatic rings. The van der Waals surface area contributed by atoms with E-state index in [4.69, 9.17) is 14.6 Å². The summed E-state index contributed by atoms with van der Waals surface area (Å²) in [5.74, 6) is 0.201. The molecule has 0 aliphatic carbocycles. The molecule has 4 rings (SSSR count). The Morgan fingerprint density at radius 3 is 2.65 bits per heavy atom. The van der Waals surface area contributed by atoms with Gasteiger partial charge in [0.05, 0.1) is 17.4 Å². The average molecular weight is 431 g/mol. The normalized spacial score (nSPS) is 23.3. The van der Waals surface area contributed by atoms with Crippen molar-refractivity contribution in [3.05, 3.63) is 52.6 Å². The fraction of sp³-hybridized carbons (Fsp3) is 0.421. The Kier molecular flexibility index (Phi) is 6.04. The number of aliphatic hydroxyl groups is 3. The summed E-state index contributed by atoms with van der Waals surface area (Å²) in [6.45, 7) is 0.0749. The van der Waals surface area contributed by atoms with Crippen molar-refractivity contribution in [2.24, 2.45) is 0 Å². The van der Waals surface area contributed by atoms with Crippen LogP contribution in [0.1, 0.15) is 24.6 Å². The van der Waals surface area contributed by atoms with Crippen LogP contribution in [-0.2, 0) is 11.3 Å². The van der Waals surface area contributed by atoms with Crippen molar-refractivity contribution in [2.45, 2.75) is 44.0 Å². The summed E-state index contributed by atoms with van der Waals surface area (Å²) < 4.78 is 13.0. The molecule has 1 aromatic carbocycles. The molecule has 0 radical (unpaired) electrons. The van der Waals surface area contributed by atoms with E-state index in [0.717, 1.165) is 0 Å². The maximum atomic E-state index is 10.8. The summed E-state index contributed by atoms with van der Waals surface area (Å²) in [7, 11) is 0. The van der Waals surface area contributed by atoms with Gasteiger partial charge in [0.1, 0.15) is 25.1 Å². The molecule has 31 heavy (non-hydrogen) atoms. The zero-order valence-electron chi connectivity index (χ0n) is 16.3. The van der Waals surface area contributed by atoms with Crippen LogP contribution in [0.5, 0.6) is 5.88 Å². The summed E-state index contributed by atoms with van der Waals surface area (Å²) >= 11 is 0. The van der Waals surface area contributed by atoms with Gasteiger partial charge in [-0.05, 0) is 30.5 Å². The largest absolute Gasteiger partial charge is 0.471 e. The van der Waals surface area contributed by atoms with E-state index in [-0.39, 0.29) is 24.8 Å². The van der Waals surface area contributed by atoms with Crippen LogP contribution in [0.2, 0.25) is 0 Å². The predicted molar refractivity (Wildman–Crippen MR) is 105 cm³/mol. The van der Waals surface area contributed by atoms with Crippen LogP contribution in [0.25, 0.3) is 11.2 Å². The van der Waals surface area contributed by atoms with E-state index in [1.807, 2.05) is 0 Å². The van der Waals surface area contributed by atoms with Crippen molar-refractivity contribution in [3.63, 3.8) is 0 Å². The molecule has 1 aliphatic rings. The zero-order valence-corrected chi connectivity index (χ0v) is 16.3. The first-order valence-electron chi connectivity index (χ1n) is 9.65. The molecule has 164 valence electrons. The van der Waals surface area contributed by atoms with Crippen LogP contribution in [0, 0.1) is 10.1 Å². The van der Waals surface area contributed by atoms with Crippen molar-refractivity contribution < 1.29 is 29.7 Å². The van der Waals surface area contributed by atoms with Gasteiger partial charge in [0.2, 0.25) is 5.88 Å². The molecule has 12 nitrogen and oxygen atoms in total. The standard InChI is InChI=1S/C19H21N5O7/c25-7-1-2-13-15(26)16(27)19(31-13)23-10-22-14-17(23)20-9-21-18(14)30-8-11-3-5-12(6-4-11)24(28)29/h3-6,9-10,13,15-16,19,25-27H,1-2,7-8H2/t13-,15-,16-,19-/m1/s1. The smallest absolute Gasteiger partial charge is 0.269 e. The molecule has 1 fully saturated rings. The van der Waals surface area contributed by atoms with Crippen molar-refractivity contribution in [1.82, 2.24) is 19.5 Å². The summed E-state index contributed by atoms with van der Waals surface area (Å²) in [6.07, 6.45) is -0.273. The number of fused-ring (bicyclic) bond motifs is 1. The number of aromatic nitrogens is 4. The van der Waals surface area contributed by atoms with Gasteiger partial charge in [-0.1, -0.05) is 0 Å². The summed E-state index contributed by atoms with van der Waals surface area (Å²) in [6, 6.07) is 5.96. The Labute approximate surface area is 175 Å². The minimum atomic E-state index is -1.19. The molecule has 0 unspecified atom stereocenters. The predicted octanol–water partition coefficient (Wildman–Crippen LogP) is 0.705. The van der Waals surface area contributed by atoms with Gasteiger partial charge in [-0.3, -0.25) is 14.7 Å². The molecule has 0 spiro atoms. The van der Waals surface area contributed by atoms with Gasteiger partial charge >= 0.3 is 0 Å². The molecular formula is C19H21N5O7. The first kappa shape index (κ1) is 21.1. The second-order valence-electron chi connectivity index (χ2n) is 7.13. The number of ether oxygens (including phenoxy) is 2. The highest BCUT2D eigenvalue weighted by Gasteiger charge is 2.43. The highest BCUT2D eigenvalue weighted by Crippen LogP contribution is 2.34. The lowest BCUT2D eigenvalue weighted by Crippen LogP contribution is -2.31. The van der Waals surface area contributed by atoms with Crippen molar-refractivity contribution in [2.75, 3.05) is 6.61 Å². The molecular weight excluding hydrogens is 410 g/mol. The lowest BCUT2D eigenvalue weighted by molar-refractivity contribution is -0.384. The second kappa shape index (κ2) is 8.89. The van der Waals surface area contributed by atoms with E-state index in [1.165, 1.54) is 29.4 Å². The minimum absolute atomic E-state index is 0.0125. The molecule has 12 heteroatoms. The second-order valence-corrected chi connectivity index (χ2v) is 7.13. The Bertz CT molecular complexity index is 1060. The van der Waals surface area contributed by atoms with Gasteiger partial charge in [-0.2, -0.15) is 4.98 Å². The Balaban J connectivity index is 1.52. The van der Waals surface area contributed by atoms with Gasteiger partial charge in [-0.25, -0.2) is 9.97 Å². The fourth-order valence-electron chi connectivity index (χ4n) is 3.48. The molecule has 1 aliphatic heterocycles. The van der Waals surface area contributed by atoms with Crippen LogP contribution in [0.3, 0.4) is 0 Å². The first-order chi connectivity index (χ1) is 15.0. The first-order valence-corrected chi connectivity index (χ1v) is 9.65. The topological polar surface area (TPSA) is 166 Å². The number of nitro groups is 1. The summed E-state index contributed by atoms with van der Waals surface area (Å²) in [4.78, 5) is 22.9. The number of hydrogen-bond acceptors (Lipinski definition) is 10. The number of imidazole rings is 1. The maximum absolute atomic E-state index is 10.8. The highest BCUT2D eigenvalue weighted by molar-refractivity contribution is 5.76. The van der Waals surface area contributed by atoms with Crippen molar-refractivity contribution in [1.29, 1.82) is 0 Å². The van der Waals surface area contributed by atoms with Crippen LogP contribution in [0.4, 0.5) is 5.69 Å². The third-order valence-corrected chi connectivity index (χ3v) is 5.11. The number of nitrogens with zero attached hydrogens (tertiary/aromatic N) is 5. The van der Waals surface area contributed by atoms with E-state index in [2.05, 4.69) is 15.0 Å². The number of nitro benzene ring substituents is 1. The Morgan fingerprint density at radius 2 is 1.94 bits per heavy atom. The third-order valence-electron chi connectivity index (χ3n) is 5.11. The van der Waals surface area contributed by atoms with Crippen molar-refractivity contribution in [3.8, 4) is 5.88 Å². The summed E-state index contributed by atoms with van der Waals surface area (Å²) in [5.41, 5.74) is 1.39. The SMILES string of the molecule is O=[N+]([O-])c1ccc(COc2ncnc3c2ncn3[C@@H]2O[C@H](CCCO)[C@@H](O)[C@H]2O)cc1. The Hall–Kier alpha value is -3.19.